The van der Waals surface area contributed by atoms with E-state index in [4.69, 9.17) is 9.47 Å². The van der Waals surface area contributed by atoms with Crippen molar-refractivity contribution in [3.8, 4) is 5.75 Å². The van der Waals surface area contributed by atoms with Gasteiger partial charge in [0.25, 0.3) is 5.56 Å². The van der Waals surface area contributed by atoms with Crippen molar-refractivity contribution in [2.24, 2.45) is 0 Å². The maximum Gasteiger partial charge on any atom is 0.333 e. The summed E-state index contributed by atoms with van der Waals surface area (Å²) in [6, 6.07) is 13.0. The van der Waals surface area contributed by atoms with E-state index < -0.39 is 5.97 Å². The Balaban J connectivity index is 2.00. The van der Waals surface area contributed by atoms with E-state index in [0.29, 0.717) is 20.6 Å². The predicted molar refractivity (Wildman–Crippen MR) is 130 cm³/mol. The van der Waals surface area contributed by atoms with E-state index in [1.165, 1.54) is 10.6 Å². The van der Waals surface area contributed by atoms with Crippen LogP contribution in [0.25, 0.3) is 12.2 Å². The van der Waals surface area contributed by atoms with Gasteiger partial charge in [0.2, 0.25) is 5.91 Å². The largest absolute Gasteiger partial charge is 0.497 e. The van der Waals surface area contributed by atoms with Crippen molar-refractivity contribution >= 4 is 41.1 Å². The first kappa shape index (κ1) is 24.0. The Bertz CT molecular complexity index is 1340. The highest BCUT2D eigenvalue weighted by Gasteiger charge is 2.12. The molecule has 3 rings (SSSR count). The van der Waals surface area contributed by atoms with Gasteiger partial charge in [0.15, 0.2) is 0 Å². The molecule has 1 heterocycles. The molecule has 0 unspecified atom stereocenters. The third-order valence-corrected chi connectivity index (χ3v) is 5.91. The van der Waals surface area contributed by atoms with Crippen molar-refractivity contribution in [1.29, 1.82) is 0 Å². The average Bonchev–Trinajstić information content (AvgIpc) is 3.05. The molecule has 1 N–H and O–H groups in total. The van der Waals surface area contributed by atoms with Crippen molar-refractivity contribution < 1.29 is 19.1 Å². The fourth-order valence-corrected chi connectivity index (χ4v) is 4.16. The zero-order valence-electron chi connectivity index (χ0n) is 19.0. The van der Waals surface area contributed by atoms with E-state index in [1.54, 1.807) is 32.2 Å². The number of nitrogens with zero attached hydrogens (tertiary/aromatic N) is 1. The van der Waals surface area contributed by atoms with E-state index >= 15 is 0 Å². The zero-order valence-corrected chi connectivity index (χ0v) is 19.8. The number of carbonyl (C=O) groups excluding carboxylic acids is 2. The summed E-state index contributed by atoms with van der Waals surface area (Å²) < 4.78 is 12.2. The lowest BCUT2D eigenvalue weighted by atomic mass is 10.1. The van der Waals surface area contributed by atoms with Crippen molar-refractivity contribution in [2.75, 3.05) is 19.0 Å². The summed E-state index contributed by atoms with van der Waals surface area (Å²) in [5, 5.41) is 2.86. The Morgan fingerprint density at radius 3 is 2.52 bits per heavy atom. The summed E-state index contributed by atoms with van der Waals surface area (Å²) in [5.74, 6) is -0.230. The molecule has 1 aromatic heterocycles. The highest BCUT2D eigenvalue weighted by molar-refractivity contribution is 7.07. The minimum absolute atomic E-state index is 0.211. The fourth-order valence-electron chi connectivity index (χ4n) is 3.13. The molecule has 0 radical (unpaired) electrons. The lowest BCUT2D eigenvalue weighted by Gasteiger charge is -2.09. The number of esters is 1. The Morgan fingerprint density at radius 2 is 1.85 bits per heavy atom. The van der Waals surface area contributed by atoms with E-state index in [1.807, 2.05) is 44.2 Å². The number of carbonyl (C=O) groups is 2. The van der Waals surface area contributed by atoms with Crippen LogP contribution in [0.15, 0.2) is 47.3 Å². The summed E-state index contributed by atoms with van der Waals surface area (Å²) in [5.41, 5.74) is 3.05. The van der Waals surface area contributed by atoms with Crippen LogP contribution in [0.3, 0.4) is 0 Å². The van der Waals surface area contributed by atoms with Crippen molar-refractivity contribution in [3.05, 3.63) is 78.7 Å². The van der Waals surface area contributed by atoms with Gasteiger partial charge in [-0.25, -0.2) is 4.79 Å². The Hall–Kier alpha value is -3.65. The Kier molecular flexibility index (Phi) is 7.84. The first-order valence-electron chi connectivity index (χ1n) is 10.4. The second kappa shape index (κ2) is 10.8. The number of thiazole rings is 1. The fraction of sp³-hybridized carbons (Fsp3) is 0.240. The van der Waals surface area contributed by atoms with Crippen LogP contribution in [0, 0.1) is 13.8 Å². The smallest absolute Gasteiger partial charge is 0.333 e. The third kappa shape index (κ3) is 6.20. The number of methoxy groups -OCH3 is 1. The first-order valence-corrected chi connectivity index (χ1v) is 11.2. The second-order valence-corrected chi connectivity index (χ2v) is 8.44. The lowest BCUT2D eigenvalue weighted by molar-refractivity contribution is -0.135. The first-order chi connectivity index (χ1) is 15.8. The van der Waals surface area contributed by atoms with Crippen LogP contribution in [0.4, 0.5) is 5.69 Å². The van der Waals surface area contributed by atoms with E-state index in [2.05, 4.69) is 5.32 Å². The number of hydrogen-bond donors (Lipinski definition) is 1. The van der Waals surface area contributed by atoms with Gasteiger partial charge in [0.1, 0.15) is 17.0 Å². The lowest BCUT2D eigenvalue weighted by Crippen LogP contribution is -2.36. The zero-order chi connectivity index (χ0) is 24.0. The van der Waals surface area contributed by atoms with Crippen LogP contribution in [-0.4, -0.2) is 30.2 Å². The molecule has 0 saturated carbocycles. The van der Waals surface area contributed by atoms with Crippen LogP contribution in [0.1, 0.15) is 23.6 Å². The monoisotopic (exact) mass is 466 g/mol. The van der Waals surface area contributed by atoms with Crippen LogP contribution in [-0.2, 0) is 20.9 Å². The number of aromatic nitrogens is 1. The second-order valence-electron chi connectivity index (χ2n) is 7.38. The van der Waals surface area contributed by atoms with Crippen LogP contribution in [0.5, 0.6) is 5.75 Å². The van der Waals surface area contributed by atoms with E-state index in [-0.39, 0.29) is 24.6 Å². The molecule has 33 heavy (non-hydrogen) atoms. The van der Waals surface area contributed by atoms with E-state index in [0.717, 1.165) is 28.0 Å². The van der Waals surface area contributed by atoms with Crippen molar-refractivity contribution in [3.63, 3.8) is 0 Å². The molecule has 0 bridgehead atoms. The highest BCUT2D eigenvalue weighted by atomic mass is 32.1. The van der Waals surface area contributed by atoms with Gasteiger partial charge < -0.3 is 14.8 Å². The minimum atomic E-state index is -0.571. The van der Waals surface area contributed by atoms with Crippen LogP contribution < -0.4 is 24.8 Å². The summed E-state index contributed by atoms with van der Waals surface area (Å²) in [6.07, 6.45) is 2.96. The standard InChI is InChI=1S/C25H26N2O5S/c1-5-32-24(29)14-23-27(15-22(28)26-20-12-16(2)6-7-17(20)3)25(30)21(33-23)13-18-8-10-19(31-4)11-9-18/h6-14H,5,15H2,1-4H3,(H,26,28). The number of hydrogen-bond acceptors (Lipinski definition) is 6. The van der Waals surface area contributed by atoms with Gasteiger partial charge in [0, 0.05) is 5.69 Å². The number of anilines is 1. The number of aryl methyl sites for hydroxylation is 2. The molecule has 0 spiro atoms. The molecule has 0 saturated heterocycles. The maximum absolute atomic E-state index is 13.1. The van der Waals surface area contributed by atoms with Gasteiger partial charge in [-0.1, -0.05) is 24.3 Å². The van der Waals surface area contributed by atoms with Gasteiger partial charge >= 0.3 is 5.97 Å². The van der Waals surface area contributed by atoms with Crippen LogP contribution in [0.2, 0.25) is 0 Å². The normalized spacial score (nSPS) is 12.0. The predicted octanol–water partition coefficient (Wildman–Crippen LogP) is 2.35. The molecule has 0 aliphatic carbocycles. The van der Waals surface area contributed by atoms with Crippen LogP contribution >= 0.6 is 11.3 Å². The SMILES string of the molecule is CCOC(=O)C=c1sc(=Cc2ccc(OC)cc2)c(=O)n1CC(=O)Nc1cc(C)ccc1C. The summed E-state index contributed by atoms with van der Waals surface area (Å²) in [6.45, 7) is 5.51. The topological polar surface area (TPSA) is 86.6 Å². The summed E-state index contributed by atoms with van der Waals surface area (Å²) in [4.78, 5) is 38.0. The maximum atomic E-state index is 13.1. The van der Waals surface area contributed by atoms with Gasteiger partial charge in [-0.05, 0) is 61.7 Å². The van der Waals surface area contributed by atoms with Gasteiger partial charge in [-0.2, -0.15) is 0 Å². The van der Waals surface area contributed by atoms with Gasteiger partial charge in [-0.15, -0.1) is 11.3 Å². The van der Waals surface area contributed by atoms with Crippen molar-refractivity contribution in [2.45, 2.75) is 27.3 Å². The summed E-state index contributed by atoms with van der Waals surface area (Å²) >= 11 is 1.13. The Labute approximate surface area is 195 Å². The number of benzene rings is 2. The molecule has 0 aliphatic rings. The quantitative estimate of drug-likeness (QED) is 0.540. The molecule has 8 heteroatoms. The number of amides is 1. The molecular weight excluding hydrogens is 440 g/mol. The molecule has 7 nitrogen and oxygen atoms in total. The molecule has 1 amide bonds. The number of ether oxygens (including phenoxy) is 2. The minimum Gasteiger partial charge on any atom is -0.497 e. The number of rotatable bonds is 7. The molecule has 0 aliphatic heterocycles. The molecule has 3 aromatic rings. The highest BCUT2D eigenvalue weighted by Crippen LogP contribution is 2.16. The average molecular weight is 467 g/mol. The molecule has 0 atom stereocenters. The molecule has 172 valence electrons. The molecular formula is C25H26N2O5S. The Morgan fingerprint density at radius 1 is 1.12 bits per heavy atom. The summed E-state index contributed by atoms with van der Waals surface area (Å²) in [7, 11) is 1.58. The third-order valence-electron chi connectivity index (χ3n) is 4.85. The van der Waals surface area contributed by atoms with Gasteiger partial charge in [0.05, 0.1) is 24.3 Å². The molecule has 0 fully saturated rings. The van der Waals surface area contributed by atoms with Crippen molar-refractivity contribution in [1.82, 2.24) is 4.57 Å². The van der Waals surface area contributed by atoms with Gasteiger partial charge in [-0.3, -0.25) is 14.2 Å². The van der Waals surface area contributed by atoms with E-state index in [9.17, 15) is 14.4 Å². The molecule has 2 aromatic carbocycles. The number of nitrogens with one attached hydrogen (secondary N) is 1.